The quantitative estimate of drug-likeness (QED) is 0.615. The number of carbonyl (C=O) groups is 1. The minimum Gasteiger partial charge on any atom is -0.453 e. The van der Waals surface area contributed by atoms with Crippen molar-refractivity contribution in [3.05, 3.63) is 47.0 Å². The Balaban J connectivity index is 1.75. The molecule has 2 aromatic rings. The predicted octanol–water partition coefficient (Wildman–Crippen LogP) is 3.36. The fraction of sp³-hybridized carbons (Fsp3) is 0.609. The molecule has 1 amide bonds. The molecule has 1 N–H and O–H groups in total. The number of fused-ring (bicyclic) bond motifs is 1. The van der Waals surface area contributed by atoms with Gasteiger partial charge >= 0.3 is 0 Å². The molecule has 8 heteroatoms. The Kier molecular flexibility index (Phi) is 8.03. The standard InChI is InChI=1S/C23H35N5O3/c1-16(2)8-10-27-11-9-21-25-26-22(28(21)13-12-27)19(14-17(3)4)24-23(29)20-7-6-18(31-20)15-30-5/h6-8,17,19H,9-15H2,1-5H3,(H,24,29)/t19-/m1/s1. The molecule has 8 nitrogen and oxygen atoms in total. The molecular weight excluding hydrogens is 394 g/mol. The van der Waals surface area contributed by atoms with Crippen LogP contribution in [-0.2, 0) is 24.3 Å². The van der Waals surface area contributed by atoms with Gasteiger partial charge in [-0.05, 0) is 38.3 Å². The zero-order valence-electron chi connectivity index (χ0n) is 19.4. The number of allylic oxidation sites excluding steroid dienone is 1. The normalized spacial score (nSPS) is 15.4. The topological polar surface area (TPSA) is 85.4 Å². The summed E-state index contributed by atoms with van der Waals surface area (Å²) in [6.07, 6.45) is 3.89. The summed E-state index contributed by atoms with van der Waals surface area (Å²) >= 11 is 0. The lowest BCUT2D eigenvalue weighted by Gasteiger charge is -2.21. The van der Waals surface area contributed by atoms with E-state index in [4.69, 9.17) is 9.15 Å². The zero-order valence-corrected chi connectivity index (χ0v) is 19.4. The third-order valence-electron chi connectivity index (χ3n) is 5.40. The first kappa shape index (κ1) is 23.2. The van der Waals surface area contributed by atoms with Crippen molar-refractivity contribution in [3.63, 3.8) is 0 Å². The van der Waals surface area contributed by atoms with Gasteiger partial charge in [0.15, 0.2) is 11.6 Å². The average molecular weight is 430 g/mol. The van der Waals surface area contributed by atoms with Gasteiger partial charge in [-0.1, -0.05) is 25.5 Å². The van der Waals surface area contributed by atoms with Crippen LogP contribution in [0.4, 0.5) is 0 Å². The highest BCUT2D eigenvalue weighted by Gasteiger charge is 2.27. The first-order chi connectivity index (χ1) is 14.9. The number of amides is 1. The smallest absolute Gasteiger partial charge is 0.287 e. The first-order valence-electron chi connectivity index (χ1n) is 11.0. The molecule has 0 saturated heterocycles. The lowest BCUT2D eigenvalue weighted by molar-refractivity contribution is 0.0892. The fourth-order valence-corrected chi connectivity index (χ4v) is 3.79. The molecule has 1 aliphatic heterocycles. The summed E-state index contributed by atoms with van der Waals surface area (Å²) in [4.78, 5) is 15.3. The van der Waals surface area contributed by atoms with Gasteiger partial charge in [-0.25, -0.2) is 0 Å². The van der Waals surface area contributed by atoms with Gasteiger partial charge in [0.05, 0.1) is 6.04 Å². The van der Waals surface area contributed by atoms with Crippen molar-refractivity contribution >= 4 is 5.91 Å². The monoisotopic (exact) mass is 429 g/mol. The molecule has 0 spiro atoms. The maximum atomic E-state index is 12.9. The maximum absolute atomic E-state index is 12.9. The van der Waals surface area contributed by atoms with E-state index in [1.165, 1.54) is 5.57 Å². The van der Waals surface area contributed by atoms with Gasteiger partial charge in [-0.3, -0.25) is 9.69 Å². The highest BCUT2D eigenvalue weighted by molar-refractivity contribution is 5.91. The van der Waals surface area contributed by atoms with Crippen LogP contribution >= 0.6 is 0 Å². The minimum absolute atomic E-state index is 0.228. The van der Waals surface area contributed by atoms with Crippen molar-refractivity contribution in [2.45, 2.75) is 59.7 Å². The molecule has 3 rings (SSSR count). The summed E-state index contributed by atoms with van der Waals surface area (Å²) in [5.74, 6) is 2.86. The molecule has 170 valence electrons. The van der Waals surface area contributed by atoms with Gasteiger partial charge in [0, 0.05) is 39.7 Å². The van der Waals surface area contributed by atoms with Gasteiger partial charge in [-0.15, -0.1) is 10.2 Å². The number of hydrogen-bond acceptors (Lipinski definition) is 6. The SMILES string of the molecule is COCc1ccc(C(=O)N[C@H](CC(C)C)c2nnc3n2CCN(CC=C(C)C)CC3)o1. The number of carbonyl (C=O) groups excluding carboxylic acids is 1. The molecule has 0 bridgehead atoms. The van der Waals surface area contributed by atoms with Gasteiger partial charge < -0.3 is 19.0 Å². The molecule has 0 saturated carbocycles. The van der Waals surface area contributed by atoms with Crippen LogP contribution in [0.1, 0.15) is 68.1 Å². The summed E-state index contributed by atoms with van der Waals surface area (Å²) in [6, 6.07) is 3.22. The van der Waals surface area contributed by atoms with E-state index in [0.29, 0.717) is 18.3 Å². The van der Waals surface area contributed by atoms with E-state index in [2.05, 4.69) is 58.8 Å². The van der Waals surface area contributed by atoms with E-state index in [1.807, 2.05) is 0 Å². The van der Waals surface area contributed by atoms with E-state index in [1.54, 1.807) is 19.2 Å². The Morgan fingerprint density at radius 1 is 1.26 bits per heavy atom. The maximum Gasteiger partial charge on any atom is 0.287 e. The van der Waals surface area contributed by atoms with Crippen LogP contribution in [0.3, 0.4) is 0 Å². The Hall–Kier alpha value is -2.45. The summed E-state index contributed by atoms with van der Waals surface area (Å²) in [7, 11) is 1.60. The van der Waals surface area contributed by atoms with Crippen LogP contribution < -0.4 is 5.32 Å². The summed E-state index contributed by atoms with van der Waals surface area (Å²) < 4.78 is 12.9. The van der Waals surface area contributed by atoms with E-state index in [9.17, 15) is 4.79 Å². The third kappa shape index (κ3) is 6.27. The second kappa shape index (κ2) is 10.7. The average Bonchev–Trinajstić information content (AvgIpc) is 3.29. The van der Waals surface area contributed by atoms with E-state index in [-0.39, 0.29) is 17.7 Å². The molecule has 0 radical (unpaired) electrons. The predicted molar refractivity (Wildman–Crippen MR) is 119 cm³/mol. The van der Waals surface area contributed by atoms with Crippen LogP contribution in [-0.4, -0.2) is 52.3 Å². The van der Waals surface area contributed by atoms with Crippen molar-refractivity contribution in [1.29, 1.82) is 0 Å². The van der Waals surface area contributed by atoms with Crippen LogP contribution in [0.25, 0.3) is 0 Å². The molecule has 2 aromatic heterocycles. The summed E-state index contributed by atoms with van der Waals surface area (Å²) in [5.41, 5.74) is 1.33. The van der Waals surface area contributed by atoms with Crippen molar-refractivity contribution in [3.8, 4) is 0 Å². The van der Waals surface area contributed by atoms with Gasteiger partial charge in [0.1, 0.15) is 18.2 Å². The van der Waals surface area contributed by atoms with Crippen molar-refractivity contribution in [2.75, 3.05) is 26.7 Å². The Morgan fingerprint density at radius 3 is 2.77 bits per heavy atom. The third-order valence-corrected chi connectivity index (χ3v) is 5.40. The molecule has 0 fully saturated rings. The lowest BCUT2D eigenvalue weighted by atomic mass is 10.0. The van der Waals surface area contributed by atoms with Gasteiger partial charge in [0.25, 0.3) is 5.91 Å². The minimum atomic E-state index is -0.246. The Bertz CT molecular complexity index is 895. The first-order valence-corrected chi connectivity index (χ1v) is 11.0. The van der Waals surface area contributed by atoms with Crippen LogP contribution in [0.2, 0.25) is 0 Å². The second-order valence-corrected chi connectivity index (χ2v) is 8.81. The number of nitrogens with zero attached hydrogens (tertiary/aromatic N) is 4. The number of aromatic nitrogens is 3. The number of furan rings is 1. The molecule has 0 aromatic carbocycles. The van der Waals surface area contributed by atoms with Crippen molar-refractivity contribution in [2.24, 2.45) is 5.92 Å². The van der Waals surface area contributed by atoms with Gasteiger partial charge in [0.2, 0.25) is 0 Å². The lowest BCUT2D eigenvalue weighted by Crippen LogP contribution is -2.32. The van der Waals surface area contributed by atoms with Crippen molar-refractivity contribution in [1.82, 2.24) is 25.0 Å². The van der Waals surface area contributed by atoms with E-state index in [0.717, 1.165) is 50.7 Å². The fourth-order valence-electron chi connectivity index (χ4n) is 3.79. The molecular formula is C23H35N5O3. The van der Waals surface area contributed by atoms with Crippen LogP contribution in [0.15, 0.2) is 28.2 Å². The number of ether oxygens (including phenoxy) is 1. The highest BCUT2D eigenvalue weighted by Crippen LogP contribution is 2.23. The molecule has 0 unspecified atom stereocenters. The summed E-state index contributed by atoms with van der Waals surface area (Å²) in [5, 5.41) is 12.1. The molecule has 1 atom stereocenters. The largest absolute Gasteiger partial charge is 0.453 e. The van der Waals surface area contributed by atoms with Crippen LogP contribution in [0.5, 0.6) is 0 Å². The van der Waals surface area contributed by atoms with Crippen LogP contribution in [0, 0.1) is 5.92 Å². The second-order valence-electron chi connectivity index (χ2n) is 8.81. The molecule has 0 aliphatic carbocycles. The highest BCUT2D eigenvalue weighted by atomic mass is 16.5. The van der Waals surface area contributed by atoms with E-state index < -0.39 is 0 Å². The molecule has 1 aliphatic rings. The molecule has 31 heavy (non-hydrogen) atoms. The number of nitrogens with one attached hydrogen (secondary N) is 1. The zero-order chi connectivity index (χ0) is 22.4. The number of hydrogen-bond donors (Lipinski definition) is 1. The number of methoxy groups -OCH3 is 1. The van der Waals surface area contributed by atoms with Gasteiger partial charge in [-0.2, -0.15) is 0 Å². The summed E-state index contributed by atoms with van der Waals surface area (Å²) in [6.45, 7) is 12.5. The molecule has 3 heterocycles. The number of rotatable bonds is 9. The Morgan fingerprint density at radius 2 is 2.06 bits per heavy atom. The van der Waals surface area contributed by atoms with Crippen molar-refractivity contribution < 1.29 is 13.9 Å². The Labute approximate surface area is 184 Å². The van der Waals surface area contributed by atoms with E-state index >= 15 is 0 Å².